The van der Waals surface area contributed by atoms with E-state index in [1.807, 2.05) is 27.7 Å². The molecule has 0 aliphatic heterocycles. The number of nitrogens with one attached hydrogen (secondary N) is 2. The minimum Gasteiger partial charge on any atom is -0.326 e. The highest BCUT2D eigenvalue weighted by Gasteiger charge is 2.21. The van der Waals surface area contributed by atoms with Gasteiger partial charge in [-0.25, -0.2) is 8.42 Å². The van der Waals surface area contributed by atoms with Gasteiger partial charge in [0, 0.05) is 11.1 Å². The molecule has 0 aromatic heterocycles. The number of carbonyl (C=O) groups excluding carboxylic acids is 1. The topological polar surface area (TPSA) is 75.3 Å². The molecule has 2 aromatic rings. The summed E-state index contributed by atoms with van der Waals surface area (Å²) in [5.41, 5.74) is 1.39. The van der Waals surface area contributed by atoms with Crippen LogP contribution in [0.25, 0.3) is 0 Å². The zero-order chi connectivity index (χ0) is 18.0. The Labute approximate surface area is 143 Å². The minimum atomic E-state index is -3.67. The zero-order valence-electron chi connectivity index (χ0n) is 14.3. The summed E-state index contributed by atoms with van der Waals surface area (Å²) in [4.78, 5) is 12.2. The molecule has 24 heavy (non-hydrogen) atoms. The lowest BCUT2D eigenvalue weighted by molar-refractivity contribution is -0.123. The fraction of sp³-hybridized carbons (Fsp3) is 0.278. The van der Waals surface area contributed by atoms with Crippen molar-refractivity contribution in [3.63, 3.8) is 0 Å². The lowest BCUT2D eigenvalue weighted by Gasteiger charge is -2.18. The van der Waals surface area contributed by atoms with Gasteiger partial charge in [-0.2, -0.15) is 0 Å². The van der Waals surface area contributed by atoms with Gasteiger partial charge < -0.3 is 5.32 Å². The third kappa shape index (κ3) is 4.58. The van der Waals surface area contributed by atoms with Crippen molar-refractivity contribution in [3.05, 3.63) is 54.1 Å². The number of carbonyl (C=O) groups is 1. The van der Waals surface area contributed by atoms with E-state index in [2.05, 4.69) is 10.0 Å². The molecule has 0 radical (unpaired) electrons. The zero-order valence-corrected chi connectivity index (χ0v) is 15.1. The first-order valence-corrected chi connectivity index (χ1v) is 9.07. The Morgan fingerprint density at radius 1 is 0.958 bits per heavy atom. The van der Waals surface area contributed by atoms with Crippen molar-refractivity contribution >= 4 is 27.3 Å². The average molecular weight is 346 g/mol. The second-order valence-electron chi connectivity index (χ2n) is 6.70. The molecule has 128 valence electrons. The normalized spacial score (nSPS) is 11.8. The van der Waals surface area contributed by atoms with Crippen molar-refractivity contribution in [2.75, 3.05) is 10.0 Å². The summed E-state index contributed by atoms with van der Waals surface area (Å²) in [6.07, 6.45) is 0. The van der Waals surface area contributed by atoms with Gasteiger partial charge in [0.2, 0.25) is 5.91 Å². The Morgan fingerprint density at radius 3 is 2.12 bits per heavy atom. The molecule has 0 fully saturated rings. The van der Waals surface area contributed by atoms with Crippen LogP contribution in [-0.2, 0) is 14.8 Å². The summed E-state index contributed by atoms with van der Waals surface area (Å²) in [6.45, 7) is 7.33. The first-order valence-electron chi connectivity index (χ1n) is 7.59. The van der Waals surface area contributed by atoms with Crippen molar-refractivity contribution in [2.24, 2.45) is 5.41 Å². The second kappa shape index (κ2) is 6.65. The molecule has 0 saturated carbocycles. The molecule has 0 atom stereocenters. The lowest BCUT2D eigenvalue weighted by atomic mass is 9.95. The van der Waals surface area contributed by atoms with Crippen LogP contribution in [0.4, 0.5) is 11.4 Å². The highest BCUT2D eigenvalue weighted by molar-refractivity contribution is 7.92. The van der Waals surface area contributed by atoms with Gasteiger partial charge in [0.15, 0.2) is 0 Å². The Kier molecular flexibility index (Phi) is 4.99. The largest absolute Gasteiger partial charge is 0.326 e. The molecule has 2 rings (SSSR count). The van der Waals surface area contributed by atoms with Gasteiger partial charge >= 0.3 is 0 Å². The number of aryl methyl sites for hydroxylation is 1. The standard InChI is InChI=1S/C18H22N2O3S/c1-13-8-10-16(11-9-13)24(22,23)20-15-7-5-6-14(12-15)19-17(21)18(2,3)4/h5-12,20H,1-4H3,(H,19,21). The number of hydrogen-bond donors (Lipinski definition) is 2. The van der Waals surface area contributed by atoms with Crippen molar-refractivity contribution < 1.29 is 13.2 Å². The first kappa shape index (κ1) is 18.0. The van der Waals surface area contributed by atoms with E-state index in [-0.39, 0.29) is 10.8 Å². The first-order chi connectivity index (χ1) is 11.1. The molecule has 0 spiro atoms. The van der Waals surface area contributed by atoms with Gasteiger partial charge in [0.05, 0.1) is 10.6 Å². The minimum absolute atomic E-state index is 0.138. The molecule has 0 aliphatic rings. The summed E-state index contributed by atoms with van der Waals surface area (Å²) in [6, 6.07) is 13.2. The third-order valence-electron chi connectivity index (χ3n) is 3.39. The fourth-order valence-corrected chi connectivity index (χ4v) is 2.96. The summed E-state index contributed by atoms with van der Waals surface area (Å²) in [7, 11) is -3.67. The quantitative estimate of drug-likeness (QED) is 0.884. The molecule has 0 saturated heterocycles. The number of anilines is 2. The summed E-state index contributed by atoms with van der Waals surface area (Å²) >= 11 is 0. The Bertz CT molecular complexity index is 835. The monoisotopic (exact) mass is 346 g/mol. The predicted molar refractivity (Wildman–Crippen MR) is 96.5 cm³/mol. The fourth-order valence-electron chi connectivity index (χ4n) is 1.91. The number of benzene rings is 2. The van der Waals surface area contributed by atoms with Crippen molar-refractivity contribution in [2.45, 2.75) is 32.6 Å². The van der Waals surface area contributed by atoms with E-state index in [0.717, 1.165) is 5.56 Å². The van der Waals surface area contributed by atoms with Crippen molar-refractivity contribution in [3.8, 4) is 0 Å². The van der Waals surface area contributed by atoms with Gasteiger partial charge in [-0.15, -0.1) is 0 Å². The number of sulfonamides is 1. The predicted octanol–water partition coefficient (Wildman–Crippen LogP) is 3.78. The van der Waals surface area contributed by atoms with Crippen LogP contribution in [0, 0.1) is 12.3 Å². The van der Waals surface area contributed by atoms with Crippen molar-refractivity contribution in [1.82, 2.24) is 0 Å². The van der Waals surface area contributed by atoms with Crippen LogP contribution < -0.4 is 10.0 Å². The molecule has 0 unspecified atom stereocenters. The van der Waals surface area contributed by atoms with E-state index in [1.165, 1.54) is 0 Å². The van der Waals surface area contributed by atoms with E-state index >= 15 is 0 Å². The second-order valence-corrected chi connectivity index (χ2v) is 8.39. The molecule has 6 heteroatoms. The third-order valence-corrected chi connectivity index (χ3v) is 4.78. The summed E-state index contributed by atoms with van der Waals surface area (Å²) < 4.78 is 27.3. The van der Waals surface area contributed by atoms with Crippen LogP contribution >= 0.6 is 0 Å². The smallest absolute Gasteiger partial charge is 0.261 e. The number of amides is 1. The van der Waals surface area contributed by atoms with Crippen LogP contribution in [0.3, 0.4) is 0 Å². The molecule has 0 bridgehead atoms. The van der Waals surface area contributed by atoms with E-state index in [0.29, 0.717) is 11.4 Å². The highest BCUT2D eigenvalue weighted by atomic mass is 32.2. The van der Waals surface area contributed by atoms with Crippen LogP contribution in [0.2, 0.25) is 0 Å². The SMILES string of the molecule is Cc1ccc(S(=O)(=O)Nc2cccc(NC(=O)C(C)(C)C)c2)cc1. The molecule has 5 nitrogen and oxygen atoms in total. The van der Waals surface area contributed by atoms with Gasteiger partial charge in [0.25, 0.3) is 10.0 Å². The molecule has 2 N–H and O–H groups in total. The van der Waals surface area contributed by atoms with E-state index in [4.69, 9.17) is 0 Å². The average Bonchev–Trinajstić information content (AvgIpc) is 2.46. The van der Waals surface area contributed by atoms with E-state index < -0.39 is 15.4 Å². The number of rotatable bonds is 4. The van der Waals surface area contributed by atoms with Crippen LogP contribution in [0.5, 0.6) is 0 Å². The Hall–Kier alpha value is -2.34. The maximum Gasteiger partial charge on any atom is 0.261 e. The Morgan fingerprint density at radius 2 is 1.54 bits per heavy atom. The van der Waals surface area contributed by atoms with Gasteiger partial charge in [-0.05, 0) is 37.3 Å². The van der Waals surface area contributed by atoms with Gasteiger partial charge in [-0.3, -0.25) is 9.52 Å². The highest BCUT2D eigenvalue weighted by Crippen LogP contribution is 2.22. The van der Waals surface area contributed by atoms with E-state index in [1.54, 1.807) is 48.5 Å². The summed E-state index contributed by atoms with van der Waals surface area (Å²) in [5.74, 6) is -0.138. The molecule has 1 amide bonds. The Balaban J connectivity index is 2.20. The van der Waals surface area contributed by atoms with Crippen LogP contribution in [0.1, 0.15) is 26.3 Å². The molecular formula is C18H22N2O3S. The van der Waals surface area contributed by atoms with E-state index in [9.17, 15) is 13.2 Å². The molecule has 0 heterocycles. The van der Waals surface area contributed by atoms with Gasteiger partial charge in [0.1, 0.15) is 0 Å². The maximum atomic E-state index is 12.4. The lowest BCUT2D eigenvalue weighted by Crippen LogP contribution is -2.27. The molecular weight excluding hydrogens is 324 g/mol. The number of hydrogen-bond acceptors (Lipinski definition) is 3. The maximum absolute atomic E-state index is 12.4. The van der Waals surface area contributed by atoms with Crippen LogP contribution in [-0.4, -0.2) is 14.3 Å². The molecule has 0 aliphatic carbocycles. The molecule has 2 aromatic carbocycles. The van der Waals surface area contributed by atoms with Gasteiger partial charge in [-0.1, -0.05) is 44.5 Å². The van der Waals surface area contributed by atoms with Crippen LogP contribution in [0.15, 0.2) is 53.4 Å². The van der Waals surface area contributed by atoms with Crippen molar-refractivity contribution in [1.29, 1.82) is 0 Å². The summed E-state index contributed by atoms with van der Waals surface area (Å²) in [5, 5.41) is 2.78.